The van der Waals surface area contributed by atoms with Crippen molar-refractivity contribution in [2.75, 3.05) is 18.1 Å². The summed E-state index contributed by atoms with van der Waals surface area (Å²) in [4.78, 5) is 2.28. The largest absolute Gasteiger partial charge is 0.491 e. The maximum Gasteiger partial charge on any atom is 0.119 e. The van der Waals surface area contributed by atoms with Crippen molar-refractivity contribution in [2.24, 2.45) is 0 Å². The highest BCUT2D eigenvalue weighted by molar-refractivity contribution is 5.64. The minimum Gasteiger partial charge on any atom is -0.491 e. The molecule has 1 heterocycles. The maximum absolute atomic E-state index is 10.5. The van der Waals surface area contributed by atoms with Crippen molar-refractivity contribution in [2.45, 2.75) is 25.5 Å². The number of aliphatic hydroxyl groups is 1. The molecule has 1 N–H and O–H groups in total. The van der Waals surface area contributed by atoms with Crippen molar-refractivity contribution < 1.29 is 9.84 Å². The Labute approximate surface area is 160 Å². The smallest absolute Gasteiger partial charge is 0.119 e. The lowest BCUT2D eigenvalue weighted by Crippen LogP contribution is -2.39. The first-order valence-electron chi connectivity index (χ1n) is 9.51. The highest BCUT2D eigenvalue weighted by Crippen LogP contribution is 2.31. The van der Waals surface area contributed by atoms with Crippen LogP contribution in [0.1, 0.15) is 12.5 Å². The number of hydrogen-bond acceptors (Lipinski definition) is 3. The minimum atomic E-state index is -0.535. The fraction of sp³-hybridized carbons (Fsp3) is 0.250. The molecule has 0 spiro atoms. The molecule has 2 atom stereocenters. The molecule has 4 rings (SSSR count). The zero-order valence-corrected chi connectivity index (χ0v) is 15.6. The average molecular weight is 359 g/mol. The van der Waals surface area contributed by atoms with Crippen LogP contribution in [0.15, 0.2) is 78.9 Å². The van der Waals surface area contributed by atoms with Gasteiger partial charge in [-0.3, -0.25) is 0 Å². The molecule has 0 unspecified atom stereocenters. The SMILES string of the molecule is C[C@H]1Cc2ccccc2N1C[C@@H](O)COc1ccc(-c2ccccc2)cc1. The number of benzene rings is 3. The van der Waals surface area contributed by atoms with E-state index in [0.717, 1.165) is 17.7 Å². The van der Waals surface area contributed by atoms with Crippen LogP contribution < -0.4 is 9.64 Å². The Morgan fingerprint density at radius 3 is 2.37 bits per heavy atom. The molecule has 0 saturated carbocycles. The molecule has 1 aliphatic rings. The van der Waals surface area contributed by atoms with Crippen LogP contribution >= 0.6 is 0 Å². The highest BCUT2D eigenvalue weighted by atomic mass is 16.5. The fourth-order valence-corrected chi connectivity index (χ4v) is 3.75. The van der Waals surface area contributed by atoms with Crippen LogP contribution in [0.5, 0.6) is 5.75 Å². The van der Waals surface area contributed by atoms with Crippen molar-refractivity contribution in [3.8, 4) is 16.9 Å². The molecule has 0 aromatic heterocycles. The van der Waals surface area contributed by atoms with E-state index in [1.54, 1.807) is 0 Å². The summed E-state index contributed by atoms with van der Waals surface area (Å²) in [5, 5.41) is 10.5. The number of anilines is 1. The van der Waals surface area contributed by atoms with Crippen LogP contribution in [0, 0.1) is 0 Å². The van der Waals surface area contributed by atoms with Gasteiger partial charge in [0.05, 0.1) is 0 Å². The second kappa shape index (κ2) is 7.85. The van der Waals surface area contributed by atoms with Crippen molar-refractivity contribution in [1.29, 1.82) is 0 Å². The summed E-state index contributed by atoms with van der Waals surface area (Å²) < 4.78 is 5.82. The summed E-state index contributed by atoms with van der Waals surface area (Å²) >= 11 is 0. The number of hydrogen-bond donors (Lipinski definition) is 1. The first-order valence-corrected chi connectivity index (χ1v) is 9.51. The topological polar surface area (TPSA) is 32.7 Å². The normalized spacial score (nSPS) is 16.8. The lowest BCUT2D eigenvalue weighted by Gasteiger charge is -2.27. The van der Waals surface area contributed by atoms with Gasteiger partial charge in [-0.25, -0.2) is 0 Å². The van der Waals surface area contributed by atoms with E-state index < -0.39 is 6.10 Å². The van der Waals surface area contributed by atoms with Crippen LogP contribution in [-0.4, -0.2) is 30.4 Å². The number of ether oxygens (including phenoxy) is 1. The zero-order valence-electron chi connectivity index (χ0n) is 15.6. The monoisotopic (exact) mass is 359 g/mol. The molecule has 1 aliphatic heterocycles. The van der Waals surface area contributed by atoms with Gasteiger partial charge in [-0.15, -0.1) is 0 Å². The van der Waals surface area contributed by atoms with E-state index in [9.17, 15) is 5.11 Å². The summed E-state index contributed by atoms with van der Waals surface area (Å²) in [6, 6.07) is 27.1. The van der Waals surface area contributed by atoms with Gasteiger partial charge in [-0.2, -0.15) is 0 Å². The van der Waals surface area contributed by atoms with Crippen LogP contribution in [0.4, 0.5) is 5.69 Å². The molecule has 3 nitrogen and oxygen atoms in total. The van der Waals surface area contributed by atoms with E-state index in [1.807, 2.05) is 30.3 Å². The van der Waals surface area contributed by atoms with Gasteiger partial charge in [0.2, 0.25) is 0 Å². The maximum atomic E-state index is 10.5. The van der Waals surface area contributed by atoms with Gasteiger partial charge in [0.15, 0.2) is 0 Å². The number of rotatable bonds is 6. The Balaban J connectivity index is 1.34. The van der Waals surface area contributed by atoms with Gasteiger partial charge in [-0.1, -0.05) is 60.7 Å². The summed E-state index contributed by atoms with van der Waals surface area (Å²) in [6.45, 7) is 3.08. The van der Waals surface area contributed by atoms with Gasteiger partial charge in [0.25, 0.3) is 0 Å². The quantitative estimate of drug-likeness (QED) is 0.701. The molecule has 0 radical (unpaired) electrons. The van der Waals surface area contributed by atoms with Gasteiger partial charge in [-0.05, 0) is 48.2 Å². The van der Waals surface area contributed by atoms with Gasteiger partial charge >= 0.3 is 0 Å². The van der Waals surface area contributed by atoms with Crippen molar-refractivity contribution in [1.82, 2.24) is 0 Å². The third-order valence-electron chi connectivity index (χ3n) is 5.16. The molecule has 0 aliphatic carbocycles. The number of aliphatic hydroxyl groups excluding tert-OH is 1. The zero-order chi connectivity index (χ0) is 18.6. The Kier molecular flexibility index (Phi) is 5.12. The van der Waals surface area contributed by atoms with Crippen LogP contribution in [0.25, 0.3) is 11.1 Å². The molecular formula is C24H25NO2. The number of nitrogens with zero attached hydrogens (tertiary/aromatic N) is 1. The average Bonchev–Trinajstić information content (AvgIpc) is 3.03. The van der Waals surface area contributed by atoms with Gasteiger partial charge in [0, 0.05) is 18.3 Å². The molecule has 3 aromatic rings. The van der Waals surface area contributed by atoms with Gasteiger partial charge in [0.1, 0.15) is 18.5 Å². The molecule has 0 fully saturated rings. The van der Waals surface area contributed by atoms with E-state index >= 15 is 0 Å². The fourth-order valence-electron chi connectivity index (χ4n) is 3.75. The van der Waals surface area contributed by atoms with Crippen LogP contribution in [0.2, 0.25) is 0 Å². The van der Waals surface area contributed by atoms with Crippen LogP contribution in [-0.2, 0) is 6.42 Å². The second-order valence-electron chi connectivity index (χ2n) is 7.19. The first-order chi connectivity index (χ1) is 13.2. The Morgan fingerprint density at radius 1 is 0.926 bits per heavy atom. The van der Waals surface area contributed by atoms with E-state index in [-0.39, 0.29) is 6.61 Å². The summed E-state index contributed by atoms with van der Waals surface area (Å²) in [5.74, 6) is 0.781. The van der Waals surface area contributed by atoms with E-state index in [1.165, 1.54) is 16.8 Å². The first kappa shape index (κ1) is 17.6. The Hall–Kier alpha value is -2.78. The van der Waals surface area contributed by atoms with Crippen LogP contribution in [0.3, 0.4) is 0 Å². The molecule has 3 heteroatoms. The molecule has 0 bridgehead atoms. The number of fused-ring (bicyclic) bond motifs is 1. The minimum absolute atomic E-state index is 0.288. The predicted octanol–water partition coefficient (Wildman–Crippen LogP) is 4.54. The molecule has 0 saturated heterocycles. The van der Waals surface area contributed by atoms with Crippen molar-refractivity contribution in [3.05, 3.63) is 84.4 Å². The molecular weight excluding hydrogens is 334 g/mol. The Bertz CT molecular complexity index is 876. The molecule has 138 valence electrons. The van der Waals surface area contributed by atoms with Crippen molar-refractivity contribution in [3.63, 3.8) is 0 Å². The lowest BCUT2D eigenvalue weighted by molar-refractivity contribution is 0.111. The predicted molar refractivity (Wildman–Crippen MR) is 110 cm³/mol. The highest BCUT2D eigenvalue weighted by Gasteiger charge is 2.27. The third-order valence-corrected chi connectivity index (χ3v) is 5.16. The van der Waals surface area contributed by atoms with E-state index in [2.05, 4.69) is 60.4 Å². The van der Waals surface area contributed by atoms with E-state index in [0.29, 0.717) is 12.6 Å². The standard InChI is InChI=1S/C24H25NO2/c1-18-15-21-9-5-6-10-24(21)25(18)16-22(26)17-27-23-13-11-20(12-14-23)19-7-3-2-4-8-19/h2-14,18,22,26H,15-17H2,1H3/t18-,22+/m0/s1. The van der Waals surface area contributed by atoms with Gasteiger partial charge < -0.3 is 14.7 Å². The Morgan fingerprint density at radius 2 is 1.59 bits per heavy atom. The van der Waals surface area contributed by atoms with E-state index in [4.69, 9.17) is 4.74 Å². The molecule has 0 amide bonds. The number of para-hydroxylation sites is 1. The lowest BCUT2D eigenvalue weighted by atomic mass is 10.1. The summed E-state index contributed by atoms with van der Waals surface area (Å²) in [5.41, 5.74) is 4.93. The summed E-state index contributed by atoms with van der Waals surface area (Å²) in [7, 11) is 0. The second-order valence-corrected chi connectivity index (χ2v) is 7.19. The molecule has 3 aromatic carbocycles. The third kappa shape index (κ3) is 3.99. The molecule has 27 heavy (non-hydrogen) atoms. The number of β-amino-alcohol motifs (C(OH)–C–C–N with tert-alkyl or cyclic N) is 1. The summed E-state index contributed by atoms with van der Waals surface area (Å²) in [6.07, 6.45) is 0.498. The van der Waals surface area contributed by atoms with Crippen molar-refractivity contribution >= 4 is 5.69 Å².